The number of aromatic nitrogens is 1. The molecule has 1 spiro atoms. The molecule has 168 valence electrons. The summed E-state index contributed by atoms with van der Waals surface area (Å²) < 4.78 is 6.40. The van der Waals surface area contributed by atoms with Gasteiger partial charge in [-0.3, -0.25) is 19.5 Å². The maximum Gasteiger partial charge on any atom is 0.181 e. The van der Waals surface area contributed by atoms with Gasteiger partial charge in [0.15, 0.2) is 11.6 Å². The molecule has 0 saturated carbocycles. The van der Waals surface area contributed by atoms with Crippen LogP contribution in [0.3, 0.4) is 0 Å². The number of hydrogen-bond donors (Lipinski definition) is 1. The Bertz CT molecular complexity index is 1240. The van der Waals surface area contributed by atoms with Crippen molar-refractivity contribution in [3.63, 3.8) is 0 Å². The molecule has 0 amide bonds. The Balaban J connectivity index is 1.25. The zero-order valence-electron chi connectivity index (χ0n) is 18.4. The van der Waals surface area contributed by atoms with Crippen LogP contribution in [0.1, 0.15) is 40.7 Å². The van der Waals surface area contributed by atoms with Crippen molar-refractivity contribution >= 4 is 28.5 Å². The van der Waals surface area contributed by atoms with E-state index in [4.69, 9.17) is 9.84 Å². The monoisotopic (exact) mass is 442 g/mol. The summed E-state index contributed by atoms with van der Waals surface area (Å²) in [5.41, 5.74) is 3.04. The molecular weight excluding hydrogens is 416 g/mol. The lowest BCUT2D eigenvalue weighted by atomic mass is 9.82. The minimum atomic E-state index is -0.527. The van der Waals surface area contributed by atoms with E-state index in [0.29, 0.717) is 17.7 Å². The molecule has 3 aromatic rings. The maximum atomic E-state index is 13.0. The molecule has 1 fully saturated rings. The molecule has 6 nitrogen and oxygen atoms in total. The first kappa shape index (κ1) is 21.5. The van der Waals surface area contributed by atoms with Gasteiger partial charge < -0.3 is 9.84 Å². The van der Waals surface area contributed by atoms with Crippen LogP contribution in [-0.4, -0.2) is 51.9 Å². The first-order chi connectivity index (χ1) is 16.0. The summed E-state index contributed by atoms with van der Waals surface area (Å²) in [5, 5.41) is 10.00. The Morgan fingerprint density at radius 1 is 1.15 bits per heavy atom. The lowest BCUT2D eigenvalue weighted by molar-refractivity contribution is -0.117. The van der Waals surface area contributed by atoms with Crippen LogP contribution in [0.15, 0.2) is 60.8 Å². The summed E-state index contributed by atoms with van der Waals surface area (Å²) in [7, 11) is 0. The van der Waals surface area contributed by atoms with Crippen molar-refractivity contribution in [2.24, 2.45) is 0 Å². The Morgan fingerprint density at radius 3 is 2.79 bits per heavy atom. The third kappa shape index (κ3) is 4.58. The van der Waals surface area contributed by atoms with Gasteiger partial charge in [0.1, 0.15) is 18.0 Å². The number of piperidine rings is 1. The molecule has 2 aliphatic rings. The number of aliphatic hydroxyl groups is 1. The molecule has 1 aromatic heterocycles. The van der Waals surface area contributed by atoms with Crippen molar-refractivity contribution in [3.05, 3.63) is 77.5 Å². The van der Waals surface area contributed by atoms with Crippen molar-refractivity contribution in [3.8, 4) is 5.75 Å². The number of aliphatic hydroxyl groups excluding tert-OH is 1. The highest BCUT2D eigenvalue weighted by atomic mass is 16.5. The highest BCUT2D eigenvalue weighted by Crippen LogP contribution is 2.40. The van der Waals surface area contributed by atoms with E-state index < -0.39 is 12.2 Å². The second kappa shape index (κ2) is 8.89. The number of carbonyl (C=O) groups excluding carboxylic acids is 2. The van der Waals surface area contributed by atoms with E-state index in [1.165, 1.54) is 11.6 Å². The van der Waals surface area contributed by atoms with E-state index in [-0.39, 0.29) is 11.6 Å². The van der Waals surface area contributed by atoms with Gasteiger partial charge in [-0.15, -0.1) is 0 Å². The summed E-state index contributed by atoms with van der Waals surface area (Å²) in [6.45, 7) is 2.03. The Kier molecular flexibility index (Phi) is 5.79. The van der Waals surface area contributed by atoms with Gasteiger partial charge in [0.05, 0.1) is 17.5 Å². The number of para-hydroxylation sites is 1. The first-order valence-corrected chi connectivity index (χ1v) is 11.3. The van der Waals surface area contributed by atoms with Crippen LogP contribution < -0.4 is 4.74 Å². The number of carbonyl (C=O) groups is 2. The van der Waals surface area contributed by atoms with Crippen molar-refractivity contribution in [2.75, 3.05) is 19.7 Å². The topological polar surface area (TPSA) is 79.7 Å². The average molecular weight is 443 g/mol. The zero-order chi connectivity index (χ0) is 22.8. The molecule has 2 aromatic carbocycles. The van der Waals surface area contributed by atoms with Crippen molar-refractivity contribution in [1.82, 2.24) is 9.88 Å². The van der Waals surface area contributed by atoms with Gasteiger partial charge in [0.25, 0.3) is 0 Å². The third-order valence-corrected chi connectivity index (χ3v) is 6.55. The quantitative estimate of drug-likeness (QED) is 0.606. The van der Waals surface area contributed by atoms with Gasteiger partial charge in [0, 0.05) is 44.1 Å². The van der Waals surface area contributed by atoms with E-state index in [1.54, 1.807) is 12.1 Å². The number of benzene rings is 2. The van der Waals surface area contributed by atoms with Crippen LogP contribution >= 0.6 is 0 Å². The molecule has 0 atom stereocenters. The number of ketones is 2. The number of fused-ring (bicyclic) bond motifs is 2. The van der Waals surface area contributed by atoms with Gasteiger partial charge in [-0.05, 0) is 41.5 Å². The number of likely N-dealkylation sites (tertiary alicyclic amines) is 1. The minimum Gasteiger partial charge on any atom is -0.486 e. The smallest absolute Gasteiger partial charge is 0.181 e. The Hall–Kier alpha value is -3.35. The summed E-state index contributed by atoms with van der Waals surface area (Å²) in [5.74, 6) is 0.316. The largest absolute Gasteiger partial charge is 0.486 e. The molecule has 5 rings (SSSR count). The fourth-order valence-corrected chi connectivity index (χ4v) is 4.72. The van der Waals surface area contributed by atoms with Crippen LogP contribution in [0.2, 0.25) is 0 Å². The predicted octanol–water partition coefficient (Wildman–Crippen LogP) is 3.81. The van der Waals surface area contributed by atoms with Crippen molar-refractivity contribution in [1.29, 1.82) is 0 Å². The highest BCUT2D eigenvalue weighted by Gasteiger charge is 2.42. The second-order valence-electron chi connectivity index (χ2n) is 8.91. The minimum absolute atomic E-state index is 0.0761. The van der Waals surface area contributed by atoms with Gasteiger partial charge in [0.2, 0.25) is 0 Å². The van der Waals surface area contributed by atoms with E-state index in [2.05, 4.69) is 22.0 Å². The fraction of sp³-hybridized carbons (Fsp3) is 0.296. The van der Waals surface area contributed by atoms with Crippen LogP contribution in [0.4, 0.5) is 0 Å². The van der Waals surface area contributed by atoms with E-state index >= 15 is 0 Å². The van der Waals surface area contributed by atoms with Gasteiger partial charge in [-0.25, -0.2) is 0 Å². The molecule has 33 heavy (non-hydrogen) atoms. The van der Waals surface area contributed by atoms with Crippen molar-refractivity contribution in [2.45, 2.75) is 31.4 Å². The number of Topliss-reactive ketones (excluding diaryl/α,β-unsaturated/α-hetero) is 1. The highest BCUT2D eigenvalue weighted by molar-refractivity contribution is 6.01. The van der Waals surface area contributed by atoms with Gasteiger partial charge >= 0.3 is 0 Å². The molecule has 2 aliphatic heterocycles. The molecule has 0 unspecified atom stereocenters. The van der Waals surface area contributed by atoms with E-state index in [0.717, 1.165) is 48.9 Å². The van der Waals surface area contributed by atoms with E-state index in [1.807, 2.05) is 36.5 Å². The standard InChI is InChI=1S/C27H26N2O4/c30-18-22(31)7-5-19-6-8-26-23(14-19)25(32)15-27(33-26)9-11-29(12-10-27)17-20-13-21-3-1-2-4-24(21)28-16-20/h1-8,13-14,16,30H,9-12,15,17-18H2/b7-5+. The van der Waals surface area contributed by atoms with Crippen LogP contribution in [0.5, 0.6) is 5.75 Å². The number of rotatable bonds is 5. The Labute approximate surface area is 192 Å². The molecule has 1 N–H and O–H groups in total. The van der Waals surface area contributed by atoms with Crippen LogP contribution in [-0.2, 0) is 11.3 Å². The lowest BCUT2D eigenvalue weighted by Crippen LogP contribution is -2.50. The van der Waals surface area contributed by atoms with E-state index in [9.17, 15) is 9.59 Å². The number of pyridine rings is 1. The summed E-state index contributed by atoms with van der Waals surface area (Å²) >= 11 is 0. The molecule has 0 bridgehead atoms. The normalized spacial score (nSPS) is 17.9. The number of hydrogen-bond acceptors (Lipinski definition) is 6. The lowest BCUT2D eigenvalue weighted by Gasteiger charge is -2.44. The molecule has 3 heterocycles. The maximum absolute atomic E-state index is 13.0. The van der Waals surface area contributed by atoms with Gasteiger partial charge in [-0.1, -0.05) is 30.3 Å². The summed E-state index contributed by atoms with van der Waals surface area (Å²) in [4.78, 5) is 31.2. The van der Waals surface area contributed by atoms with Crippen molar-refractivity contribution < 1.29 is 19.4 Å². The third-order valence-electron chi connectivity index (χ3n) is 6.55. The first-order valence-electron chi connectivity index (χ1n) is 11.3. The molecular formula is C27H26N2O4. The van der Waals surface area contributed by atoms with Crippen LogP contribution in [0, 0.1) is 0 Å². The fourth-order valence-electron chi connectivity index (χ4n) is 4.72. The SMILES string of the molecule is O=C(/C=C/c1ccc2c(c1)C(=O)CC1(CCN(Cc3cnc4ccccc4c3)CC1)O2)CO. The average Bonchev–Trinajstić information content (AvgIpc) is 2.84. The molecule has 6 heteroatoms. The number of ether oxygens (including phenoxy) is 1. The Morgan fingerprint density at radius 2 is 1.97 bits per heavy atom. The zero-order valence-corrected chi connectivity index (χ0v) is 18.4. The number of nitrogens with zero attached hydrogens (tertiary/aromatic N) is 2. The predicted molar refractivity (Wildman–Crippen MR) is 126 cm³/mol. The summed E-state index contributed by atoms with van der Waals surface area (Å²) in [6, 6.07) is 15.7. The molecule has 0 aliphatic carbocycles. The molecule has 1 saturated heterocycles. The molecule has 0 radical (unpaired) electrons. The van der Waals surface area contributed by atoms with Gasteiger partial charge in [-0.2, -0.15) is 0 Å². The summed E-state index contributed by atoms with van der Waals surface area (Å²) in [6.07, 6.45) is 6.84. The van der Waals surface area contributed by atoms with Crippen LogP contribution in [0.25, 0.3) is 17.0 Å². The second-order valence-corrected chi connectivity index (χ2v) is 8.91.